The highest BCUT2D eigenvalue weighted by Crippen LogP contribution is 2.20. The molecule has 0 radical (unpaired) electrons. The van der Waals surface area contributed by atoms with Crippen LogP contribution in [0.15, 0.2) is 24.3 Å². The number of anilines is 1. The summed E-state index contributed by atoms with van der Waals surface area (Å²) in [6.45, 7) is 7.76. The Labute approximate surface area is 144 Å². The van der Waals surface area contributed by atoms with Crippen LogP contribution in [0.2, 0.25) is 5.02 Å². The van der Waals surface area contributed by atoms with Gasteiger partial charge >= 0.3 is 0 Å². The lowest BCUT2D eigenvalue weighted by Gasteiger charge is -2.23. The van der Waals surface area contributed by atoms with E-state index in [2.05, 4.69) is 22.0 Å². The van der Waals surface area contributed by atoms with Gasteiger partial charge < -0.3 is 10.2 Å². The van der Waals surface area contributed by atoms with Crippen molar-refractivity contribution in [3.8, 4) is 0 Å². The summed E-state index contributed by atoms with van der Waals surface area (Å²) >= 11 is 6.05. The van der Waals surface area contributed by atoms with E-state index in [4.69, 9.17) is 11.6 Å². The van der Waals surface area contributed by atoms with E-state index in [-0.39, 0.29) is 18.3 Å². The second-order valence-corrected chi connectivity index (χ2v) is 5.85. The quantitative estimate of drug-likeness (QED) is 0.824. The van der Waals surface area contributed by atoms with Gasteiger partial charge in [-0.3, -0.25) is 9.69 Å². The van der Waals surface area contributed by atoms with Gasteiger partial charge in [-0.25, -0.2) is 0 Å². The van der Waals surface area contributed by atoms with Crippen molar-refractivity contribution in [1.82, 2.24) is 9.80 Å². The maximum atomic E-state index is 12.1. The lowest BCUT2D eigenvalue weighted by atomic mass is 10.3. The van der Waals surface area contributed by atoms with Crippen LogP contribution in [-0.2, 0) is 4.79 Å². The second kappa shape index (κ2) is 10.1. The molecule has 0 spiro atoms. The molecule has 0 atom stereocenters. The number of amides is 1. The Bertz CT molecular complexity index is 464. The number of para-hydroxylation sites is 1. The van der Waals surface area contributed by atoms with E-state index in [1.165, 1.54) is 25.9 Å². The number of nitrogens with zero attached hydrogens (tertiary/aromatic N) is 2. The molecule has 0 aliphatic carbocycles. The summed E-state index contributed by atoms with van der Waals surface area (Å²) in [4.78, 5) is 16.7. The predicted molar refractivity (Wildman–Crippen MR) is 95.1 cm³/mol. The van der Waals surface area contributed by atoms with Crippen LogP contribution < -0.4 is 5.32 Å². The fraction of sp³-hybridized carbons (Fsp3) is 0.562. The first kappa shape index (κ1) is 19.2. The number of rotatable bonds is 7. The van der Waals surface area contributed by atoms with E-state index in [9.17, 15) is 4.79 Å². The third kappa shape index (κ3) is 6.13. The molecule has 1 heterocycles. The van der Waals surface area contributed by atoms with Crippen molar-refractivity contribution >= 4 is 35.6 Å². The van der Waals surface area contributed by atoms with E-state index in [1.54, 1.807) is 6.07 Å². The van der Waals surface area contributed by atoms with Crippen LogP contribution in [0, 0.1) is 0 Å². The summed E-state index contributed by atoms with van der Waals surface area (Å²) in [5, 5.41) is 3.45. The molecule has 124 valence electrons. The molecule has 1 N–H and O–H groups in total. The zero-order valence-corrected chi connectivity index (χ0v) is 14.6. The third-order valence-electron chi connectivity index (χ3n) is 3.89. The molecule has 1 aromatic rings. The maximum absolute atomic E-state index is 12.1. The number of halogens is 2. The third-order valence-corrected chi connectivity index (χ3v) is 4.22. The van der Waals surface area contributed by atoms with Crippen LogP contribution in [-0.4, -0.2) is 55.0 Å². The van der Waals surface area contributed by atoms with Crippen molar-refractivity contribution in [1.29, 1.82) is 0 Å². The Morgan fingerprint density at radius 1 is 1.32 bits per heavy atom. The minimum absolute atomic E-state index is 0. The number of likely N-dealkylation sites (N-methyl/N-ethyl adjacent to an activating group) is 1. The molecule has 2 rings (SSSR count). The molecular weight excluding hydrogens is 321 g/mol. The Balaban J connectivity index is 0.00000242. The van der Waals surface area contributed by atoms with Gasteiger partial charge in [0.25, 0.3) is 0 Å². The molecule has 1 aliphatic rings. The van der Waals surface area contributed by atoms with E-state index in [0.717, 1.165) is 19.6 Å². The highest BCUT2D eigenvalue weighted by Gasteiger charge is 2.14. The van der Waals surface area contributed by atoms with Crippen molar-refractivity contribution in [3.05, 3.63) is 29.3 Å². The minimum Gasteiger partial charge on any atom is -0.324 e. The minimum atomic E-state index is -0.00799. The van der Waals surface area contributed by atoms with Gasteiger partial charge in [-0.15, -0.1) is 12.4 Å². The summed E-state index contributed by atoms with van der Waals surface area (Å²) in [5.74, 6) is -0.00799. The van der Waals surface area contributed by atoms with E-state index >= 15 is 0 Å². The molecule has 1 amide bonds. The number of carbonyl (C=O) groups excluding carboxylic acids is 1. The molecular formula is C16H25Cl2N3O. The summed E-state index contributed by atoms with van der Waals surface area (Å²) < 4.78 is 0. The van der Waals surface area contributed by atoms with Crippen molar-refractivity contribution in [2.24, 2.45) is 0 Å². The molecule has 0 aromatic heterocycles. The van der Waals surface area contributed by atoms with Crippen LogP contribution in [0.4, 0.5) is 5.69 Å². The summed E-state index contributed by atoms with van der Waals surface area (Å²) in [5.41, 5.74) is 0.680. The van der Waals surface area contributed by atoms with Gasteiger partial charge in [0.15, 0.2) is 0 Å². The van der Waals surface area contributed by atoms with Crippen LogP contribution in [0.1, 0.15) is 19.8 Å². The van der Waals surface area contributed by atoms with Gasteiger partial charge in [-0.1, -0.05) is 30.7 Å². The lowest BCUT2D eigenvalue weighted by molar-refractivity contribution is -0.117. The highest BCUT2D eigenvalue weighted by molar-refractivity contribution is 6.33. The topological polar surface area (TPSA) is 35.6 Å². The Morgan fingerprint density at radius 2 is 2.00 bits per heavy atom. The van der Waals surface area contributed by atoms with E-state index in [0.29, 0.717) is 17.3 Å². The highest BCUT2D eigenvalue weighted by atomic mass is 35.5. The van der Waals surface area contributed by atoms with Crippen molar-refractivity contribution < 1.29 is 4.79 Å². The fourth-order valence-electron chi connectivity index (χ4n) is 2.59. The summed E-state index contributed by atoms with van der Waals surface area (Å²) in [7, 11) is 0. The monoisotopic (exact) mass is 345 g/mol. The molecule has 0 saturated carbocycles. The lowest BCUT2D eigenvalue weighted by Crippen LogP contribution is -2.38. The number of hydrogen-bond donors (Lipinski definition) is 1. The van der Waals surface area contributed by atoms with Gasteiger partial charge in [0.1, 0.15) is 0 Å². The smallest absolute Gasteiger partial charge is 0.238 e. The molecule has 1 fully saturated rings. The van der Waals surface area contributed by atoms with Gasteiger partial charge in [-0.2, -0.15) is 0 Å². The molecule has 1 aliphatic heterocycles. The van der Waals surface area contributed by atoms with Crippen molar-refractivity contribution in [3.63, 3.8) is 0 Å². The first-order valence-corrected chi connectivity index (χ1v) is 8.06. The van der Waals surface area contributed by atoms with E-state index < -0.39 is 0 Å². The molecule has 0 unspecified atom stereocenters. The number of carbonyl (C=O) groups is 1. The van der Waals surface area contributed by atoms with E-state index in [1.807, 2.05) is 18.2 Å². The number of benzene rings is 1. The molecule has 6 heteroatoms. The maximum Gasteiger partial charge on any atom is 0.238 e. The van der Waals surface area contributed by atoms with Gasteiger partial charge in [-0.05, 0) is 44.6 Å². The standard InChI is InChI=1S/C16H24ClN3O.ClH/c1-2-19(11-12-20-9-5-6-10-20)13-16(21)18-15-8-4-3-7-14(15)17;/h3-4,7-8H,2,5-6,9-13H2,1H3,(H,18,21);1H. The predicted octanol–water partition coefficient (Wildman–Crippen LogP) is 3.12. The number of likely N-dealkylation sites (tertiary alicyclic amines) is 1. The van der Waals surface area contributed by atoms with Crippen LogP contribution in [0.5, 0.6) is 0 Å². The van der Waals surface area contributed by atoms with Crippen LogP contribution in [0.25, 0.3) is 0 Å². The molecule has 22 heavy (non-hydrogen) atoms. The molecule has 1 saturated heterocycles. The van der Waals surface area contributed by atoms with Crippen LogP contribution >= 0.6 is 24.0 Å². The first-order valence-electron chi connectivity index (χ1n) is 7.68. The zero-order valence-electron chi connectivity index (χ0n) is 13.1. The SMILES string of the molecule is CCN(CCN1CCCC1)CC(=O)Nc1ccccc1Cl.Cl. The largest absolute Gasteiger partial charge is 0.324 e. The number of nitrogens with one attached hydrogen (secondary N) is 1. The summed E-state index contributed by atoms with van der Waals surface area (Å²) in [6.07, 6.45) is 2.61. The Morgan fingerprint density at radius 3 is 2.64 bits per heavy atom. The fourth-order valence-corrected chi connectivity index (χ4v) is 2.78. The Kier molecular flexibility index (Phi) is 8.79. The number of hydrogen-bond acceptors (Lipinski definition) is 3. The van der Waals surface area contributed by atoms with Crippen molar-refractivity contribution in [2.75, 3.05) is 44.6 Å². The molecule has 0 bridgehead atoms. The van der Waals surface area contributed by atoms with Crippen molar-refractivity contribution in [2.45, 2.75) is 19.8 Å². The average molecular weight is 346 g/mol. The summed E-state index contributed by atoms with van der Waals surface area (Å²) in [6, 6.07) is 7.32. The molecule has 4 nitrogen and oxygen atoms in total. The first-order chi connectivity index (χ1) is 10.2. The second-order valence-electron chi connectivity index (χ2n) is 5.45. The zero-order chi connectivity index (χ0) is 15.1. The van der Waals surface area contributed by atoms with Crippen LogP contribution in [0.3, 0.4) is 0 Å². The molecule has 1 aromatic carbocycles. The van der Waals surface area contributed by atoms with Gasteiger partial charge in [0.2, 0.25) is 5.91 Å². The van der Waals surface area contributed by atoms with Gasteiger partial charge in [0.05, 0.1) is 17.3 Å². The van der Waals surface area contributed by atoms with Gasteiger partial charge in [0, 0.05) is 13.1 Å². The average Bonchev–Trinajstić information content (AvgIpc) is 2.99. The normalized spacial score (nSPS) is 14.9. The Hall–Kier alpha value is -0.810.